The summed E-state index contributed by atoms with van der Waals surface area (Å²) in [6.45, 7) is 3.40. The first-order chi connectivity index (χ1) is 10.9. The number of carbonyl (C=O) groups excluding carboxylic acids is 1. The zero-order chi connectivity index (χ0) is 17.1. The van der Waals surface area contributed by atoms with Crippen molar-refractivity contribution in [3.05, 3.63) is 11.8 Å². The molecule has 8 atom stereocenters. The second-order valence-corrected chi connectivity index (χ2v) is 6.57. The number of rotatable bonds is 5. The van der Waals surface area contributed by atoms with Gasteiger partial charge in [0, 0.05) is 5.92 Å². The normalized spacial score (nSPS) is 45.0. The van der Waals surface area contributed by atoms with E-state index < -0.39 is 37.3 Å². The van der Waals surface area contributed by atoms with E-state index in [9.17, 15) is 20.1 Å². The molecule has 1 aliphatic carbocycles. The van der Waals surface area contributed by atoms with Crippen LogP contribution in [0.1, 0.15) is 26.7 Å². The van der Waals surface area contributed by atoms with E-state index in [0.29, 0.717) is 5.92 Å². The number of hydrogen-bond acceptors (Lipinski definition) is 7. The van der Waals surface area contributed by atoms with Gasteiger partial charge in [-0.1, -0.05) is 6.92 Å². The van der Waals surface area contributed by atoms with E-state index >= 15 is 0 Å². The van der Waals surface area contributed by atoms with Gasteiger partial charge >= 0.3 is 0 Å². The van der Waals surface area contributed by atoms with Crippen LogP contribution < -0.4 is 0 Å². The molecular weight excluding hydrogens is 304 g/mol. The van der Waals surface area contributed by atoms with Gasteiger partial charge in [-0.3, -0.25) is 0 Å². The quantitative estimate of drug-likeness (QED) is 0.399. The van der Waals surface area contributed by atoms with Crippen molar-refractivity contribution in [2.75, 3.05) is 6.61 Å². The first-order valence-electron chi connectivity index (χ1n) is 7.98. The number of hydrogen-bond donors (Lipinski definition) is 4. The molecule has 23 heavy (non-hydrogen) atoms. The Morgan fingerprint density at radius 2 is 1.91 bits per heavy atom. The van der Waals surface area contributed by atoms with Gasteiger partial charge in [0.05, 0.1) is 12.9 Å². The van der Waals surface area contributed by atoms with Crippen LogP contribution in [0.3, 0.4) is 0 Å². The lowest BCUT2D eigenvalue weighted by atomic mass is 9.87. The van der Waals surface area contributed by atoms with Gasteiger partial charge in [0.15, 0.2) is 0 Å². The van der Waals surface area contributed by atoms with Crippen LogP contribution in [-0.2, 0) is 14.3 Å². The first-order valence-corrected chi connectivity index (χ1v) is 7.98. The summed E-state index contributed by atoms with van der Waals surface area (Å²) in [5.74, 6) is 0.366. The van der Waals surface area contributed by atoms with E-state index in [1.165, 1.54) is 6.26 Å². The van der Waals surface area contributed by atoms with Crippen molar-refractivity contribution in [2.24, 2.45) is 17.8 Å². The molecule has 0 aromatic heterocycles. The van der Waals surface area contributed by atoms with Crippen LogP contribution >= 0.6 is 0 Å². The van der Waals surface area contributed by atoms with E-state index in [-0.39, 0.29) is 11.8 Å². The molecule has 132 valence electrons. The third-order valence-corrected chi connectivity index (χ3v) is 5.03. The Kier molecular flexibility index (Phi) is 6.16. The van der Waals surface area contributed by atoms with Crippen LogP contribution in [0.4, 0.5) is 0 Å². The van der Waals surface area contributed by atoms with Crippen LogP contribution in [0.5, 0.6) is 0 Å². The van der Waals surface area contributed by atoms with Crippen LogP contribution in [0.15, 0.2) is 11.8 Å². The Bertz CT molecular complexity index is 436. The second kappa shape index (κ2) is 7.72. The molecule has 0 aromatic carbocycles. The maximum Gasteiger partial charge on any atom is 0.228 e. The summed E-state index contributed by atoms with van der Waals surface area (Å²) in [7, 11) is 0. The molecule has 2 aliphatic rings. The Morgan fingerprint density at radius 3 is 2.52 bits per heavy atom. The number of aliphatic hydroxyl groups is 4. The van der Waals surface area contributed by atoms with Crippen LogP contribution in [0, 0.1) is 17.8 Å². The lowest BCUT2D eigenvalue weighted by Gasteiger charge is -2.39. The van der Waals surface area contributed by atoms with Gasteiger partial charge in [-0.25, -0.2) is 0 Å². The summed E-state index contributed by atoms with van der Waals surface area (Å²) in [6.07, 6.45) is -2.20. The Morgan fingerprint density at radius 1 is 1.22 bits per heavy atom. The highest BCUT2D eigenvalue weighted by molar-refractivity contribution is 5.56. The Labute approximate surface area is 135 Å². The van der Waals surface area contributed by atoms with Gasteiger partial charge in [-0.2, -0.15) is 0 Å². The molecule has 0 radical (unpaired) electrons. The third kappa shape index (κ3) is 3.75. The zero-order valence-electron chi connectivity index (χ0n) is 13.4. The third-order valence-electron chi connectivity index (χ3n) is 5.03. The highest BCUT2D eigenvalue weighted by Gasteiger charge is 2.44. The molecule has 2 rings (SSSR count). The number of aldehydes is 1. The topological polar surface area (TPSA) is 116 Å². The van der Waals surface area contributed by atoms with E-state index in [1.807, 2.05) is 13.8 Å². The molecule has 1 saturated heterocycles. The van der Waals surface area contributed by atoms with E-state index in [1.54, 1.807) is 0 Å². The summed E-state index contributed by atoms with van der Waals surface area (Å²) < 4.78 is 10.7. The van der Waals surface area contributed by atoms with E-state index in [0.717, 1.165) is 24.7 Å². The van der Waals surface area contributed by atoms with Crippen LogP contribution in [-0.4, -0.2) is 64.0 Å². The van der Waals surface area contributed by atoms with Crippen LogP contribution in [0.25, 0.3) is 0 Å². The summed E-state index contributed by atoms with van der Waals surface area (Å²) in [5.41, 5.74) is 0.864. The van der Waals surface area contributed by atoms with Gasteiger partial charge in [-0.15, -0.1) is 0 Å². The van der Waals surface area contributed by atoms with E-state index in [2.05, 4.69) is 0 Å². The molecule has 1 saturated carbocycles. The van der Waals surface area contributed by atoms with Gasteiger partial charge in [0.2, 0.25) is 6.29 Å². The van der Waals surface area contributed by atoms with Gasteiger partial charge in [0.25, 0.3) is 0 Å². The van der Waals surface area contributed by atoms with Crippen molar-refractivity contribution in [1.82, 2.24) is 0 Å². The number of aliphatic hydroxyl groups excluding tert-OH is 4. The smallest absolute Gasteiger partial charge is 0.228 e. The van der Waals surface area contributed by atoms with Crippen molar-refractivity contribution in [3.8, 4) is 0 Å². The maximum absolute atomic E-state index is 11.2. The van der Waals surface area contributed by atoms with Gasteiger partial charge in [0.1, 0.15) is 30.7 Å². The van der Waals surface area contributed by atoms with Crippen molar-refractivity contribution in [3.63, 3.8) is 0 Å². The molecule has 0 aromatic rings. The molecule has 0 bridgehead atoms. The zero-order valence-corrected chi connectivity index (χ0v) is 13.4. The largest absolute Gasteiger partial charge is 0.470 e. The van der Waals surface area contributed by atoms with Crippen molar-refractivity contribution < 1.29 is 34.7 Å². The molecule has 0 unspecified atom stereocenters. The fourth-order valence-corrected chi connectivity index (χ4v) is 3.43. The van der Waals surface area contributed by atoms with Gasteiger partial charge < -0.3 is 34.7 Å². The highest BCUT2D eigenvalue weighted by atomic mass is 16.7. The van der Waals surface area contributed by atoms with Crippen molar-refractivity contribution >= 4 is 6.29 Å². The lowest BCUT2D eigenvalue weighted by Crippen LogP contribution is -2.58. The molecule has 7 heteroatoms. The van der Waals surface area contributed by atoms with Crippen molar-refractivity contribution in [2.45, 2.75) is 57.4 Å². The fraction of sp³-hybridized carbons (Fsp3) is 0.812. The minimum Gasteiger partial charge on any atom is -0.470 e. The van der Waals surface area contributed by atoms with Crippen molar-refractivity contribution in [1.29, 1.82) is 0 Å². The molecule has 1 heterocycles. The number of carbonyl (C=O) groups is 1. The highest BCUT2D eigenvalue weighted by Crippen LogP contribution is 2.39. The SMILES string of the molecule is C/C(=C\O[C@@H]1O[C@H](CO)[C@@H](O)[C@H](O)[C@H]1O)[C@H]1CC[C@H](C)[C@@H]1C=O. The Balaban J connectivity index is 2.02. The molecule has 7 nitrogen and oxygen atoms in total. The molecule has 1 aliphatic heterocycles. The molecule has 0 amide bonds. The minimum atomic E-state index is -1.46. The predicted molar refractivity (Wildman–Crippen MR) is 80.1 cm³/mol. The number of ether oxygens (including phenoxy) is 2. The molecule has 0 spiro atoms. The Hall–Kier alpha value is -0.990. The molecule has 4 N–H and O–H groups in total. The standard InChI is InChI=1S/C16H26O7/c1-8-3-4-10(11(8)5-17)9(2)7-22-16-15(21)14(20)13(19)12(6-18)23-16/h5,7-8,10-16,18-21H,3-4,6H2,1-2H3/b9-7+/t8-,10+,11-,12+,13+,14-,15+,16+/m0/s1. The average molecular weight is 330 g/mol. The summed E-state index contributed by atoms with van der Waals surface area (Å²) in [4.78, 5) is 11.2. The maximum atomic E-state index is 11.2. The molecule has 2 fully saturated rings. The second-order valence-electron chi connectivity index (χ2n) is 6.57. The lowest BCUT2D eigenvalue weighted by molar-refractivity contribution is -0.288. The summed E-state index contributed by atoms with van der Waals surface area (Å²) in [5, 5.41) is 38.5. The monoisotopic (exact) mass is 330 g/mol. The molecular formula is C16H26O7. The van der Waals surface area contributed by atoms with Crippen LogP contribution in [0.2, 0.25) is 0 Å². The predicted octanol–water partition coefficient (Wildman–Crippen LogP) is -0.432. The summed E-state index contributed by atoms with van der Waals surface area (Å²) >= 11 is 0. The summed E-state index contributed by atoms with van der Waals surface area (Å²) in [6, 6.07) is 0. The minimum absolute atomic E-state index is 0.0512. The van der Waals surface area contributed by atoms with Gasteiger partial charge in [-0.05, 0) is 37.2 Å². The number of allylic oxidation sites excluding steroid dienone is 1. The van der Waals surface area contributed by atoms with E-state index in [4.69, 9.17) is 14.6 Å². The first kappa shape index (κ1) is 18.4. The average Bonchev–Trinajstić information content (AvgIpc) is 2.92. The fourth-order valence-electron chi connectivity index (χ4n) is 3.43.